The van der Waals surface area contributed by atoms with Gasteiger partial charge in [-0.3, -0.25) is 29.9 Å². The first-order valence-corrected chi connectivity index (χ1v) is 14.0. The van der Waals surface area contributed by atoms with Crippen LogP contribution >= 0.6 is 0 Å². The summed E-state index contributed by atoms with van der Waals surface area (Å²) in [6.07, 6.45) is 10.5. The van der Waals surface area contributed by atoms with Crippen LogP contribution in [0.5, 0.6) is 0 Å². The van der Waals surface area contributed by atoms with Gasteiger partial charge in [0.25, 0.3) is 0 Å². The lowest BCUT2D eigenvalue weighted by atomic mass is 10.3. The maximum Gasteiger partial charge on any atom is 0.229 e. The number of benzene rings is 2. The summed E-state index contributed by atoms with van der Waals surface area (Å²) in [5.74, 6) is 0. The minimum atomic E-state index is -3.18. The number of pyridine rings is 2. The Morgan fingerprint density at radius 3 is 1.16 bits per heavy atom. The molecular formula is C30H22N6Si. The monoisotopic (exact) mass is 494 g/mol. The van der Waals surface area contributed by atoms with Gasteiger partial charge in [-0.2, -0.15) is 0 Å². The first kappa shape index (κ1) is 22.6. The Kier molecular flexibility index (Phi) is 6.10. The first-order chi connectivity index (χ1) is 18.4. The summed E-state index contributed by atoms with van der Waals surface area (Å²) in [6, 6.07) is 32.6. The van der Waals surface area contributed by atoms with Crippen molar-refractivity contribution < 1.29 is 0 Å². The van der Waals surface area contributed by atoms with Gasteiger partial charge in [0.2, 0.25) is 8.07 Å². The molecule has 0 bridgehead atoms. The molecule has 0 saturated carbocycles. The van der Waals surface area contributed by atoms with Gasteiger partial charge in [0.1, 0.15) is 11.4 Å². The van der Waals surface area contributed by atoms with Crippen LogP contribution in [-0.4, -0.2) is 38.0 Å². The normalized spacial score (nSPS) is 11.2. The smallest absolute Gasteiger partial charge is 0.229 e. The molecule has 0 aliphatic rings. The van der Waals surface area contributed by atoms with Gasteiger partial charge < -0.3 is 0 Å². The molecule has 6 rings (SSSR count). The van der Waals surface area contributed by atoms with E-state index in [9.17, 15) is 0 Å². The summed E-state index contributed by atoms with van der Waals surface area (Å²) in [5, 5.41) is 3.95. The molecule has 0 unspecified atom stereocenters. The molecule has 0 saturated heterocycles. The highest BCUT2D eigenvalue weighted by Crippen LogP contribution is 2.19. The van der Waals surface area contributed by atoms with E-state index in [0.717, 1.165) is 43.8 Å². The zero-order chi connectivity index (χ0) is 24.9. The van der Waals surface area contributed by atoms with Gasteiger partial charge in [0.05, 0.1) is 22.0 Å². The predicted octanol–water partition coefficient (Wildman–Crippen LogP) is 2.77. The molecule has 0 atom stereocenters. The molecule has 0 N–H and O–H groups in total. The van der Waals surface area contributed by atoms with Crippen LogP contribution in [0.2, 0.25) is 0 Å². The largest absolute Gasteiger partial charge is 0.261 e. The molecule has 0 amide bonds. The third kappa shape index (κ3) is 4.01. The van der Waals surface area contributed by atoms with Crippen LogP contribution in [0, 0.1) is 0 Å². The van der Waals surface area contributed by atoms with Crippen molar-refractivity contribution in [2.75, 3.05) is 0 Å². The number of rotatable bonds is 6. The van der Waals surface area contributed by atoms with Crippen LogP contribution in [0.25, 0.3) is 22.8 Å². The lowest BCUT2D eigenvalue weighted by molar-refractivity contribution is 1.19. The average Bonchev–Trinajstić information content (AvgIpc) is 3.00. The number of hydrogen-bond acceptors (Lipinski definition) is 6. The fourth-order valence-electron chi connectivity index (χ4n) is 4.81. The van der Waals surface area contributed by atoms with E-state index in [4.69, 9.17) is 19.9 Å². The highest BCUT2D eigenvalue weighted by atomic mass is 28.3. The predicted molar refractivity (Wildman–Crippen MR) is 148 cm³/mol. The molecule has 0 aliphatic heterocycles. The molecule has 7 heteroatoms. The molecule has 4 heterocycles. The Morgan fingerprint density at radius 1 is 0.351 bits per heavy atom. The molecular weight excluding hydrogens is 472 g/mol. The summed E-state index contributed by atoms with van der Waals surface area (Å²) in [7, 11) is -3.18. The minimum Gasteiger partial charge on any atom is -0.261 e. The quantitative estimate of drug-likeness (QED) is 0.332. The molecule has 0 fully saturated rings. The van der Waals surface area contributed by atoms with Crippen LogP contribution in [0.3, 0.4) is 0 Å². The Morgan fingerprint density at radius 2 is 0.757 bits per heavy atom. The average molecular weight is 495 g/mol. The summed E-state index contributed by atoms with van der Waals surface area (Å²) in [6.45, 7) is 0. The molecule has 176 valence electrons. The second-order valence-corrected chi connectivity index (χ2v) is 12.0. The van der Waals surface area contributed by atoms with Gasteiger partial charge >= 0.3 is 0 Å². The van der Waals surface area contributed by atoms with Crippen molar-refractivity contribution in [3.63, 3.8) is 0 Å². The van der Waals surface area contributed by atoms with Crippen LogP contribution in [0.15, 0.2) is 134 Å². The topological polar surface area (TPSA) is 77.3 Å². The van der Waals surface area contributed by atoms with Crippen molar-refractivity contribution in [2.45, 2.75) is 0 Å². The molecule has 0 spiro atoms. The number of hydrogen-bond donors (Lipinski definition) is 0. The van der Waals surface area contributed by atoms with Crippen molar-refractivity contribution in [3.05, 3.63) is 134 Å². The van der Waals surface area contributed by atoms with E-state index in [1.165, 1.54) is 0 Å². The summed E-state index contributed by atoms with van der Waals surface area (Å²) in [5.41, 5.74) is 3.00. The van der Waals surface area contributed by atoms with Gasteiger partial charge in [0.15, 0.2) is 0 Å². The third-order valence-electron chi connectivity index (χ3n) is 6.34. The summed E-state index contributed by atoms with van der Waals surface area (Å²) in [4.78, 5) is 29.1. The van der Waals surface area contributed by atoms with Crippen LogP contribution < -0.4 is 21.0 Å². The van der Waals surface area contributed by atoms with Gasteiger partial charge in [-0.05, 0) is 34.6 Å². The van der Waals surface area contributed by atoms with E-state index in [1.54, 1.807) is 37.2 Å². The summed E-state index contributed by atoms with van der Waals surface area (Å²) >= 11 is 0. The maximum atomic E-state index is 5.06. The van der Waals surface area contributed by atoms with Crippen molar-refractivity contribution in [1.29, 1.82) is 0 Å². The molecule has 37 heavy (non-hydrogen) atoms. The number of nitrogens with zero attached hydrogens (tertiary/aromatic N) is 6. The van der Waals surface area contributed by atoms with Gasteiger partial charge in [-0.1, -0.05) is 72.8 Å². The maximum absolute atomic E-state index is 5.06. The van der Waals surface area contributed by atoms with Crippen molar-refractivity contribution in [3.8, 4) is 22.8 Å². The van der Waals surface area contributed by atoms with Crippen LogP contribution in [0.4, 0.5) is 0 Å². The van der Waals surface area contributed by atoms with Gasteiger partial charge in [-0.15, -0.1) is 0 Å². The molecule has 0 aliphatic carbocycles. The highest BCUT2D eigenvalue weighted by molar-refractivity contribution is 7.20. The lowest BCUT2D eigenvalue weighted by Gasteiger charge is -2.33. The van der Waals surface area contributed by atoms with Gasteiger partial charge in [0, 0.05) is 37.2 Å². The van der Waals surface area contributed by atoms with Crippen molar-refractivity contribution in [1.82, 2.24) is 29.9 Å². The standard InChI is InChI=1S/C30H22N6Si/c1-3-11-23(12-4-1)37(24-13-5-2-6-14-24,29-27(33-19-21-35-29)25-15-7-9-17-31-25)30-28(34-20-22-36-30)26-16-8-10-18-32-26/h1-22H. The van der Waals surface area contributed by atoms with E-state index in [0.29, 0.717) is 0 Å². The number of aromatic nitrogens is 6. The molecule has 0 radical (unpaired) electrons. The fourth-order valence-corrected chi connectivity index (χ4v) is 9.48. The van der Waals surface area contributed by atoms with E-state index in [2.05, 4.69) is 58.5 Å². The zero-order valence-corrected chi connectivity index (χ0v) is 20.9. The van der Waals surface area contributed by atoms with Crippen molar-refractivity contribution in [2.24, 2.45) is 0 Å². The molecule has 2 aromatic carbocycles. The van der Waals surface area contributed by atoms with Gasteiger partial charge in [-0.25, -0.2) is 0 Å². The summed E-state index contributed by atoms with van der Waals surface area (Å²) < 4.78 is 0. The Bertz CT molecular complexity index is 1490. The lowest BCUT2D eigenvalue weighted by Crippen LogP contribution is -2.77. The second kappa shape index (κ2) is 10.0. The molecule has 6 aromatic rings. The Labute approximate surface area is 215 Å². The van der Waals surface area contributed by atoms with Crippen LogP contribution in [0.1, 0.15) is 0 Å². The van der Waals surface area contributed by atoms with Crippen LogP contribution in [-0.2, 0) is 0 Å². The Hall–Kier alpha value is -4.88. The second-order valence-electron chi connectivity index (χ2n) is 8.42. The van der Waals surface area contributed by atoms with E-state index >= 15 is 0 Å². The van der Waals surface area contributed by atoms with E-state index in [1.807, 2.05) is 48.5 Å². The fraction of sp³-hybridized carbons (Fsp3) is 0. The zero-order valence-electron chi connectivity index (χ0n) is 19.9. The molecule has 4 aromatic heterocycles. The van der Waals surface area contributed by atoms with Crippen molar-refractivity contribution >= 4 is 29.1 Å². The SMILES string of the molecule is c1ccc([Si](c2ccccc2)(c2nccnc2-c2ccccn2)c2nccnc2-c2ccccn2)cc1. The van der Waals surface area contributed by atoms with E-state index < -0.39 is 8.07 Å². The highest BCUT2D eigenvalue weighted by Gasteiger charge is 2.48. The molecule has 6 nitrogen and oxygen atoms in total. The third-order valence-corrected chi connectivity index (χ3v) is 10.9. The first-order valence-electron chi connectivity index (χ1n) is 12.0. The van der Waals surface area contributed by atoms with E-state index in [-0.39, 0.29) is 0 Å². The minimum absolute atomic E-state index is 0.736. The Balaban J connectivity index is 1.80.